The van der Waals surface area contributed by atoms with E-state index in [2.05, 4.69) is 5.32 Å². The summed E-state index contributed by atoms with van der Waals surface area (Å²) < 4.78 is 5.08. The van der Waals surface area contributed by atoms with E-state index in [9.17, 15) is 10.2 Å². The summed E-state index contributed by atoms with van der Waals surface area (Å²) >= 11 is 0. The first-order valence-electron chi connectivity index (χ1n) is 6.42. The average molecular weight is 273 g/mol. The van der Waals surface area contributed by atoms with Crippen LogP contribution < -0.4 is 10.1 Å². The molecule has 0 radical (unpaired) electrons. The fourth-order valence-electron chi connectivity index (χ4n) is 2.06. The molecule has 0 spiro atoms. The third kappa shape index (κ3) is 2.79. The highest BCUT2D eigenvalue weighted by molar-refractivity contribution is 5.59. The number of phenolic OH excluding ortho intramolecular Hbond substituents is 2. The molecule has 0 aromatic heterocycles. The fraction of sp³-hybridized carbons (Fsp3) is 0.250. The molecule has 4 nitrogen and oxygen atoms in total. The number of anilines is 1. The SMILES string of the molecule is COc1cc(CNc2ccc(C)c(O)c2C)ccc1O. The van der Waals surface area contributed by atoms with Gasteiger partial charge in [-0.2, -0.15) is 0 Å². The quantitative estimate of drug-likeness (QED) is 0.799. The highest BCUT2D eigenvalue weighted by Crippen LogP contribution is 2.29. The topological polar surface area (TPSA) is 61.7 Å². The third-order valence-electron chi connectivity index (χ3n) is 3.36. The van der Waals surface area contributed by atoms with Crippen molar-refractivity contribution < 1.29 is 14.9 Å². The molecule has 0 bridgehead atoms. The minimum absolute atomic E-state index is 0.125. The van der Waals surface area contributed by atoms with E-state index in [1.54, 1.807) is 12.1 Å². The molecule has 2 aromatic carbocycles. The molecule has 0 aliphatic rings. The first-order valence-corrected chi connectivity index (χ1v) is 6.42. The number of benzene rings is 2. The molecule has 0 saturated heterocycles. The normalized spacial score (nSPS) is 10.3. The maximum absolute atomic E-state index is 9.91. The van der Waals surface area contributed by atoms with Gasteiger partial charge in [0.1, 0.15) is 5.75 Å². The van der Waals surface area contributed by atoms with E-state index in [0.717, 1.165) is 22.4 Å². The molecule has 3 N–H and O–H groups in total. The van der Waals surface area contributed by atoms with Gasteiger partial charge in [-0.25, -0.2) is 0 Å². The number of rotatable bonds is 4. The second kappa shape index (κ2) is 5.74. The Kier molecular flexibility index (Phi) is 4.03. The lowest BCUT2D eigenvalue weighted by Crippen LogP contribution is -2.02. The average Bonchev–Trinajstić information content (AvgIpc) is 2.45. The van der Waals surface area contributed by atoms with E-state index in [1.807, 2.05) is 32.0 Å². The van der Waals surface area contributed by atoms with Crippen molar-refractivity contribution in [2.75, 3.05) is 12.4 Å². The van der Waals surface area contributed by atoms with E-state index < -0.39 is 0 Å². The molecule has 0 aliphatic carbocycles. The molecule has 106 valence electrons. The Bertz CT molecular complexity index is 623. The zero-order valence-corrected chi connectivity index (χ0v) is 11.9. The minimum atomic E-state index is 0.125. The number of phenols is 2. The van der Waals surface area contributed by atoms with E-state index in [4.69, 9.17) is 4.74 Å². The van der Waals surface area contributed by atoms with E-state index in [1.165, 1.54) is 7.11 Å². The van der Waals surface area contributed by atoms with Gasteiger partial charge in [-0.1, -0.05) is 12.1 Å². The largest absolute Gasteiger partial charge is 0.507 e. The van der Waals surface area contributed by atoms with Gasteiger partial charge in [0.25, 0.3) is 0 Å². The summed E-state index contributed by atoms with van der Waals surface area (Å²) in [6.45, 7) is 4.33. The minimum Gasteiger partial charge on any atom is -0.507 e. The van der Waals surface area contributed by atoms with Gasteiger partial charge in [0.15, 0.2) is 11.5 Å². The maximum Gasteiger partial charge on any atom is 0.160 e. The summed E-state index contributed by atoms with van der Waals surface area (Å²) in [5.74, 6) is 0.895. The van der Waals surface area contributed by atoms with Crippen molar-refractivity contribution in [3.63, 3.8) is 0 Å². The number of aromatic hydroxyl groups is 2. The lowest BCUT2D eigenvalue weighted by molar-refractivity contribution is 0.373. The van der Waals surface area contributed by atoms with Gasteiger partial charge in [-0.05, 0) is 43.2 Å². The van der Waals surface area contributed by atoms with Gasteiger partial charge in [0, 0.05) is 17.8 Å². The predicted molar refractivity (Wildman–Crippen MR) is 79.6 cm³/mol. The summed E-state index contributed by atoms with van der Waals surface area (Å²) in [5.41, 5.74) is 3.56. The van der Waals surface area contributed by atoms with E-state index in [-0.39, 0.29) is 5.75 Å². The maximum atomic E-state index is 9.91. The van der Waals surface area contributed by atoms with Crippen molar-refractivity contribution in [1.29, 1.82) is 0 Å². The van der Waals surface area contributed by atoms with Crippen LogP contribution in [0.25, 0.3) is 0 Å². The van der Waals surface area contributed by atoms with Crippen LogP contribution in [-0.4, -0.2) is 17.3 Å². The van der Waals surface area contributed by atoms with Gasteiger partial charge in [0.05, 0.1) is 7.11 Å². The van der Waals surface area contributed by atoms with Crippen molar-refractivity contribution in [3.8, 4) is 17.2 Å². The van der Waals surface area contributed by atoms with Crippen molar-refractivity contribution in [2.45, 2.75) is 20.4 Å². The number of hydrogen-bond acceptors (Lipinski definition) is 4. The van der Waals surface area contributed by atoms with Crippen LogP contribution in [0, 0.1) is 13.8 Å². The van der Waals surface area contributed by atoms with Crippen molar-refractivity contribution in [3.05, 3.63) is 47.0 Å². The zero-order valence-electron chi connectivity index (χ0n) is 11.9. The number of aryl methyl sites for hydroxylation is 1. The summed E-state index contributed by atoms with van der Waals surface area (Å²) in [6.07, 6.45) is 0. The van der Waals surface area contributed by atoms with Gasteiger partial charge in [0.2, 0.25) is 0 Å². The van der Waals surface area contributed by atoms with Crippen molar-refractivity contribution in [2.24, 2.45) is 0 Å². The zero-order chi connectivity index (χ0) is 14.7. The molecule has 0 saturated carbocycles. The molecule has 2 rings (SSSR count). The summed E-state index contributed by atoms with van der Waals surface area (Å²) in [5, 5.41) is 22.7. The van der Waals surface area contributed by atoms with Gasteiger partial charge < -0.3 is 20.3 Å². The Morgan fingerprint density at radius 3 is 2.55 bits per heavy atom. The van der Waals surface area contributed by atoms with Gasteiger partial charge in [-0.3, -0.25) is 0 Å². The Morgan fingerprint density at radius 1 is 1.10 bits per heavy atom. The van der Waals surface area contributed by atoms with Gasteiger partial charge >= 0.3 is 0 Å². The lowest BCUT2D eigenvalue weighted by atomic mass is 10.1. The van der Waals surface area contributed by atoms with Crippen LogP contribution in [0.15, 0.2) is 30.3 Å². The van der Waals surface area contributed by atoms with Gasteiger partial charge in [-0.15, -0.1) is 0 Å². The fourth-order valence-corrected chi connectivity index (χ4v) is 2.06. The Labute approximate surface area is 118 Å². The van der Waals surface area contributed by atoms with Crippen molar-refractivity contribution >= 4 is 5.69 Å². The molecule has 0 heterocycles. The van der Waals surface area contributed by atoms with Crippen LogP contribution in [0.3, 0.4) is 0 Å². The summed E-state index contributed by atoms with van der Waals surface area (Å²) in [7, 11) is 1.52. The smallest absolute Gasteiger partial charge is 0.160 e. The van der Waals surface area contributed by atoms with Crippen LogP contribution in [0.4, 0.5) is 5.69 Å². The second-order valence-electron chi connectivity index (χ2n) is 4.76. The molecular weight excluding hydrogens is 254 g/mol. The number of nitrogens with one attached hydrogen (secondary N) is 1. The molecule has 2 aromatic rings. The summed E-state index contributed by atoms with van der Waals surface area (Å²) in [4.78, 5) is 0. The number of hydrogen-bond donors (Lipinski definition) is 3. The molecule has 20 heavy (non-hydrogen) atoms. The lowest BCUT2D eigenvalue weighted by Gasteiger charge is -2.13. The molecule has 0 atom stereocenters. The molecule has 4 heteroatoms. The second-order valence-corrected chi connectivity index (χ2v) is 4.76. The molecule has 0 fully saturated rings. The Morgan fingerprint density at radius 2 is 1.85 bits per heavy atom. The van der Waals surface area contributed by atoms with E-state index in [0.29, 0.717) is 18.0 Å². The molecule has 0 amide bonds. The monoisotopic (exact) mass is 273 g/mol. The number of ether oxygens (including phenoxy) is 1. The standard InChI is InChI=1S/C16H19NO3/c1-10-4-6-13(11(2)16(10)19)17-9-12-5-7-14(18)15(8-12)20-3/h4-8,17-19H,9H2,1-3H3. The highest BCUT2D eigenvalue weighted by Gasteiger charge is 2.07. The molecular formula is C16H19NO3. The molecule has 0 unspecified atom stereocenters. The van der Waals surface area contributed by atoms with Crippen LogP contribution >= 0.6 is 0 Å². The first-order chi connectivity index (χ1) is 9.52. The van der Waals surface area contributed by atoms with Crippen LogP contribution in [-0.2, 0) is 6.54 Å². The summed E-state index contributed by atoms with van der Waals surface area (Å²) in [6, 6.07) is 9.04. The van der Waals surface area contributed by atoms with Crippen LogP contribution in [0.5, 0.6) is 17.2 Å². The Balaban J connectivity index is 2.15. The van der Waals surface area contributed by atoms with Crippen molar-refractivity contribution in [1.82, 2.24) is 0 Å². The van der Waals surface area contributed by atoms with Crippen LogP contribution in [0.2, 0.25) is 0 Å². The first kappa shape index (κ1) is 14.1. The predicted octanol–water partition coefficient (Wildman–Crippen LogP) is 3.34. The Hall–Kier alpha value is -2.36. The number of methoxy groups -OCH3 is 1. The highest BCUT2D eigenvalue weighted by atomic mass is 16.5. The third-order valence-corrected chi connectivity index (χ3v) is 3.36. The van der Waals surface area contributed by atoms with Crippen LogP contribution in [0.1, 0.15) is 16.7 Å². The molecule has 0 aliphatic heterocycles. The van der Waals surface area contributed by atoms with E-state index >= 15 is 0 Å².